The number of aliphatic carboxylic acids is 1. The molecule has 0 aliphatic carbocycles. The van der Waals surface area contributed by atoms with Gasteiger partial charge in [-0.25, -0.2) is 4.39 Å². The van der Waals surface area contributed by atoms with E-state index in [4.69, 9.17) is 14.2 Å². The fraction of sp³-hybridized carbons (Fsp3) is 0.519. The minimum absolute atomic E-state index is 0.00446. The molecule has 7 nitrogen and oxygen atoms in total. The normalized spacial score (nSPS) is 26.6. The summed E-state index contributed by atoms with van der Waals surface area (Å²) >= 11 is 0. The number of carboxylic acids is 1. The number of benzene rings is 2. The molecule has 2 aromatic rings. The lowest BCUT2D eigenvalue weighted by atomic mass is 9.87. The van der Waals surface area contributed by atoms with E-state index < -0.39 is 5.97 Å². The van der Waals surface area contributed by atoms with E-state index in [-0.39, 0.29) is 42.3 Å². The molecule has 2 fully saturated rings. The molecule has 4 rings (SSSR count). The van der Waals surface area contributed by atoms with E-state index in [1.807, 2.05) is 24.3 Å². The van der Waals surface area contributed by atoms with E-state index in [9.17, 15) is 14.3 Å². The molecule has 8 heteroatoms. The molecular weight excluding hydrogens is 451 g/mol. The maximum atomic E-state index is 14.5. The first kappa shape index (κ1) is 25.1. The van der Waals surface area contributed by atoms with Crippen molar-refractivity contribution in [3.63, 3.8) is 0 Å². The summed E-state index contributed by atoms with van der Waals surface area (Å²) in [5.74, 6) is 0.727. The molecule has 0 saturated carbocycles. The lowest BCUT2D eigenvalue weighted by molar-refractivity contribution is -0.137. The molecule has 0 aromatic heterocycles. The van der Waals surface area contributed by atoms with Crippen LogP contribution >= 0.6 is 0 Å². The average molecular weight is 487 g/mol. The van der Waals surface area contributed by atoms with Gasteiger partial charge in [-0.05, 0) is 42.8 Å². The van der Waals surface area contributed by atoms with Crippen LogP contribution in [0.3, 0.4) is 0 Å². The van der Waals surface area contributed by atoms with Crippen molar-refractivity contribution >= 4 is 17.3 Å². The summed E-state index contributed by atoms with van der Waals surface area (Å²) in [7, 11) is 3.25. The van der Waals surface area contributed by atoms with Gasteiger partial charge in [0.05, 0.1) is 25.3 Å². The van der Waals surface area contributed by atoms with Crippen molar-refractivity contribution < 1.29 is 28.5 Å². The van der Waals surface area contributed by atoms with Gasteiger partial charge >= 0.3 is 5.97 Å². The van der Waals surface area contributed by atoms with E-state index in [2.05, 4.69) is 23.6 Å². The van der Waals surface area contributed by atoms with Gasteiger partial charge in [-0.2, -0.15) is 0 Å². The number of rotatable bonds is 8. The fourth-order valence-electron chi connectivity index (χ4n) is 5.46. The van der Waals surface area contributed by atoms with Crippen LogP contribution in [0, 0.1) is 17.7 Å². The third-order valence-corrected chi connectivity index (χ3v) is 7.19. The van der Waals surface area contributed by atoms with E-state index in [1.165, 1.54) is 6.07 Å². The van der Waals surface area contributed by atoms with Crippen LogP contribution < -0.4 is 19.3 Å². The number of nitrogens with zero attached hydrogens (tertiary/aromatic N) is 2. The molecule has 0 amide bonds. The van der Waals surface area contributed by atoms with Crippen molar-refractivity contribution in [1.82, 2.24) is 0 Å². The topological polar surface area (TPSA) is 71.5 Å². The summed E-state index contributed by atoms with van der Waals surface area (Å²) < 4.78 is 31.7. The smallest absolute Gasteiger partial charge is 0.305 e. The van der Waals surface area contributed by atoms with Crippen molar-refractivity contribution in [2.45, 2.75) is 44.9 Å². The Balaban J connectivity index is 1.42. The number of hydrogen-bond donors (Lipinski definition) is 1. The minimum atomic E-state index is -0.806. The van der Waals surface area contributed by atoms with Crippen LogP contribution in [-0.4, -0.2) is 63.2 Å². The number of halogens is 1. The Morgan fingerprint density at radius 3 is 2.29 bits per heavy atom. The highest BCUT2D eigenvalue weighted by atomic mass is 19.1. The Morgan fingerprint density at radius 1 is 1.03 bits per heavy atom. The number of piperidine rings is 1. The van der Waals surface area contributed by atoms with Crippen LogP contribution in [0.5, 0.6) is 11.5 Å². The molecule has 2 aliphatic heterocycles. The minimum Gasteiger partial charge on any atom is -0.497 e. The molecule has 1 N–H and O–H groups in total. The van der Waals surface area contributed by atoms with Gasteiger partial charge in [0.1, 0.15) is 23.4 Å². The average Bonchev–Trinajstić information content (AvgIpc) is 3.24. The number of hydrogen-bond acceptors (Lipinski definition) is 6. The van der Waals surface area contributed by atoms with E-state index >= 15 is 0 Å². The van der Waals surface area contributed by atoms with Gasteiger partial charge in [0.2, 0.25) is 0 Å². The quantitative estimate of drug-likeness (QED) is 0.591. The van der Waals surface area contributed by atoms with Crippen molar-refractivity contribution in [1.29, 1.82) is 0 Å². The molecule has 190 valence electrons. The number of carboxylic acid groups (broad SMARTS) is 1. The number of ether oxygens (including phenoxy) is 3. The zero-order chi connectivity index (χ0) is 25.1. The molecule has 2 heterocycles. The number of methoxy groups -OCH3 is 2. The predicted molar refractivity (Wildman–Crippen MR) is 133 cm³/mol. The van der Waals surface area contributed by atoms with Crippen molar-refractivity contribution in [2.75, 3.05) is 43.7 Å². The zero-order valence-corrected chi connectivity index (χ0v) is 20.8. The van der Waals surface area contributed by atoms with Crippen molar-refractivity contribution in [3.05, 3.63) is 48.3 Å². The summed E-state index contributed by atoms with van der Waals surface area (Å²) in [6.45, 7) is 6.29. The molecule has 2 aliphatic rings. The SMILES string of the molecule is COc1ccc(F)c(N2CC(C)C(Oc3ccc(N4CC(OC)CC4CC(=O)O)cc3)C(C)C2)c1. The van der Waals surface area contributed by atoms with Gasteiger partial charge < -0.3 is 29.1 Å². The Kier molecular flexibility index (Phi) is 7.69. The van der Waals surface area contributed by atoms with E-state index in [1.54, 1.807) is 26.4 Å². The second kappa shape index (κ2) is 10.7. The number of anilines is 2. The molecule has 2 aromatic carbocycles. The van der Waals surface area contributed by atoms with Gasteiger partial charge in [-0.1, -0.05) is 13.8 Å². The highest BCUT2D eigenvalue weighted by molar-refractivity contribution is 5.69. The van der Waals surface area contributed by atoms with E-state index in [0.29, 0.717) is 37.5 Å². The third-order valence-electron chi connectivity index (χ3n) is 7.19. The Hall–Kier alpha value is -3.00. The Labute approximate surface area is 206 Å². The molecule has 4 unspecified atom stereocenters. The number of carbonyl (C=O) groups is 1. The highest BCUT2D eigenvalue weighted by Gasteiger charge is 2.36. The van der Waals surface area contributed by atoms with Crippen LogP contribution in [-0.2, 0) is 9.53 Å². The lowest BCUT2D eigenvalue weighted by Crippen LogP contribution is -2.50. The van der Waals surface area contributed by atoms with Crippen LogP contribution in [0.25, 0.3) is 0 Å². The first-order chi connectivity index (χ1) is 16.8. The maximum absolute atomic E-state index is 14.5. The zero-order valence-electron chi connectivity index (χ0n) is 20.8. The summed E-state index contributed by atoms with van der Waals surface area (Å²) in [4.78, 5) is 15.5. The monoisotopic (exact) mass is 486 g/mol. The van der Waals surface area contributed by atoms with Crippen LogP contribution in [0.1, 0.15) is 26.7 Å². The summed E-state index contributed by atoms with van der Waals surface area (Å²) in [6, 6.07) is 12.6. The second-order valence-electron chi connectivity index (χ2n) is 9.75. The largest absolute Gasteiger partial charge is 0.497 e. The first-order valence-corrected chi connectivity index (χ1v) is 12.2. The first-order valence-electron chi connectivity index (χ1n) is 12.2. The molecule has 4 atom stereocenters. The molecule has 0 bridgehead atoms. The Bertz CT molecular complexity index is 1010. The summed E-state index contributed by atoms with van der Waals surface area (Å²) in [5.41, 5.74) is 1.52. The highest BCUT2D eigenvalue weighted by Crippen LogP contribution is 2.34. The van der Waals surface area contributed by atoms with Gasteiger partial charge in [-0.3, -0.25) is 4.79 Å². The van der Waals surface area contributed by atoms with Gasteiger partial charge in [0.15, 0.2) is 0 Å². The predicted octanol–water partition coefficient (Wildman–Crippen LogP) is 4.44. The molecule has 0 spiro atoms. The van der Waals surface area contributed by atoms with Gasteiger partial charge in [-0.15, -0.1) is 0 Å². The van der Waals surface area contributed by atoms with Crippen LogP contribution in [0.4, 0.5) is 15.8 Å². The van der Waals surface area contributed by atoms with Crippen molar-refractivity contribution in [3.8, 4) is 11.5 Å². The van der Waals surface area contributed by atoms with Crippen LogP contribution in [0.2, 0.25) is 0 Å². The standard InChI is InChI=1S/C27H35FN2O5/c1-17-14-29(25-13-22(33-3)9-10-24(25)28)15-18(2)27(17)35-21-7-5-19(6-8-21)30-16-23(34-4)11-20(30)12-26(31)32/h5-10,13,17-18,20,23,27H,11-12,14-16H2,1-4H3,(H,31,32). The summed E-state index contributed by atoms with van der Waals surface area (Å²) in [5, 5.41) is 9.29. The van der Waals surface area contributed by atoms with Crippen LogP contribution in [0.15, 0.2) is 42.5 Å². The van der Waals surface area contributed by atoms with Gasteiger partial charge in [0, 0.05) is 56.4 Å². The van der Waals surface area contributed by atoms with Crippen molar-refractivity contribution in [2.24, 2.45) is 11.8 Å². The Morgan fingerprint density at radius 2 is 1.69 bits per heavy atom. The fourth-order valence-corrected chi connectivity index (χ4v) is 5.46. The molecule has 35 heavy (non-hydrogen) atoms. The summed E-state index contributed by atoms with van der Waals surface area (Å²) in [6.07, 6.45) is 0.800. The lowest BCUT2D eigenvalue weighted by Gasteiger charge is -2.42. The third kappa shape index (κ3) is 5.64. The molecule has 0 radical (unpaired) electrons. The second-order valence-corrected chi connectivity index (χ2v) is 9.75. The molecule has 2 saturated heterocycles. The maximum Gasteiger partial charge on any atom is 0.305 e. The molecular formula is C27H35FN2O5. The van der Waals surface area contributed by atoms with E-state index in [0.717, 1.165) is 11.4 Å². The van der Waals surface area contributed by atoms with Gasteiger partial charge in [0.25, 0.3) is 0 Å².